The van der Waals surface area contributed by atoms with Gasteiger partial charge in [0.15, 0.2) is 6.29 Å². The number of nitrogens with zero attached hydrogens (tertiary/aromatic N) is 2. The maximum Gasteiger partial charge on any atom is 0.244 e. The minimum atomic E-state index is -0.223. The summed E-state index contributed by atoms with van der Waals surface area (Å²) in [6.07, 6.45) is 3.58. The molecule has 1 heterocycles. The number of amides is 1. The second-order valence-electron chi connectivity index (χ2n) is 3.84. The van der Waals surface area contributed by atoms with Gasteiger partial charge in [0.05, 0.1) is 19.1 Å². The molecule has 1 aromatic carbocycles. The van der Waals surface area contributed by atoms with Crippen molar-refractivity contribution in [3.63, 3.8) is 0 Å². The third-order valence-electron chi connectivity index (χ3n) is 2.48. The van der Waals surface area contributed by atoms with Crippen molar-refractivity contribution in [2.75, 3.05) is 12.4 Å². The predicted octanol–water partition coefficient (Wildman–Crippen LogP) is 1.34. The van der Waals surface area contributed by atoms with E-state index in [1.165, 1.54) is 24.2 Å². The third-order valence-corrected chi connectivity index (χ3v) is 2.48. The van der Waals surface area contributed by atoms with E-state index in [9.17, 15) is 9.59 Å². The van der Waals surface area contributed by atoms with E-state index in [4.69, 9.17) is 4.74 Å². The SMILES string of the molecule is COc1ccccc1NC(=O)Cn1cnc(C=O)c1. The lowest BCUT2D eigenvalue weighted by molar-refractivity contribution is -0.116. The molecule has 1 aromatic heterocycles. The fraction of sp³-hybridized carbons (Fsp3) is 0.154. The van der Waals surface area contributed by atoms with Gasteiger partial charge in [0.25, 0.3) is 0 Å². The largest absolute Gasteiger partial charge is 0.495 e. The first-order valence-electron chi connectivity index (χ1n) is 5.62. The Morgan fingerprint density at radius 2 is 2.26 bits per heavy atom. The molecule has 6 nitrogen and oxygen atoms in total. The lowest BCUT2D eigenvalue weighted by Crippen LogP contribution is -2.18. The van der Waals surface area contributed by atoms with Crippen LogP contribution in [0.3, 0.4) is 0 Å². The number of aromatic nitrogens is 2. The van der Waals surface area contributed by atoms with Gasteiger partial charge in [-0.3, -0.25) is 9.59 Å². The summed E-state index contributed by atoms with van der Waals surface area (Å²) < 4.78 is 6.67. The van der Waals surface area contributed by atoms with Crippen LogP contribution in [0.2, 0.25) is 0 Å². The van der Waals surface area contributed by atoms with Crippen LogP contribution in [-0.4, -0.2) is 28.9 Å². The molecule has 0 bridgehead atoms. The highest BCUT2D eigenvalue weighted by Crippen LogP contribution is 2.22. The van der Waals surface area contributed by atoms with Crippen LogP contribution in [0.25, 0.3) is 0 Å². The topological polar surface area (TPSA) is 73.2 Å². The summed E-state index contributed by atoms with van der Waals surface area (Å²) in [5.74, 6) is 0.370. The van der Waals surface area contributed by atoms with E-state index in [0.717, 1.165) is 0 Å². The molecular weight excluding hydrogens is 246 g/mol. The van der Waals surface area contributed by atoms with Gasteiger partial charge in [-0.1, -0.05) is 12.1 Å². The number of anilines is 1. The van der Waals surface area contributed by atoms with E-state index in [-0.39, 0.29) is 12.5 Å². The molecule has 19 heavy (non-hydrogen) atoms. The monoisotopic (exact) mass is 259 g/mol. The Hall–Kier alpha value is -2.63. The molecule has 1 N–H and O–H groups in total. The molecule has 0 saturated carbocycles. The van der Waals surface area contributed by atoms with Gasteiger partial charge in [0, 0.05) is 6.20 Å². The number of methoxy groups -OCH3 is 1. The van der Waals surface area contributed by atoms with E-state index in [2.05, 4.69) is 10.3 Å². The summed E-state index contributed by atoms with van der Waals surface area (Å²) in [5, 5.41) is 2.74. The third kappa shape index (κ3) is 3.19. The summed E-state index contributed by atoms with van der Waals surface area (Å²) in [6.45, 7) is 0.0822. The Bertz CT molecular complexity index is 592. The summed E-state index contributed by atoms with van der Waals surface area (Å²) in [6, 6.07) is 7.14. The maximum atomic E-state index is 11.8. The summed E-state index contributed by atoms with van der Waals surface area (Å²) in [4.78, 5) is 26.1. The van der Waals surface area contributed by atoms with Gasteiger partial charge in [-0.05, 0) is 12.1 Å². The van der Waals surface area contributed by atoms with Crippen molar-refractivity contribution >= 4 is 17.9 Å². The molecular formula is C13H13N3O3. The zero-order valence-corrected chi connectivity index (χ0v) is 10.4. The number of hydrogen-bond donors (Lipinski definition) is 1. The van der Waals surface area contributed by atoms with E-state index in [1.807, 2.05) is 6.07 Å². The van der Waals surface area contributed by atoms with Crippen LogP contribution in [0.15, 0.2) is 36.8 Å². The van der Waals surface area contributed by atoms with Crippen molar-refractivity contribution < 1.29 is 14.3 Å². The quantitative estimate of drug-likeness (QED) is 0.822. The van der Waals surface area contributed by atoms with Gasteiger partial charge >= 0.3 is 0 Å². The number of benzene rings is 1. The molecule has 0 aliphatic carbocycles. The minimum absolute atomic E-state index is 0.0822. The van der Waals surface area contributed by atoms with E-state index >= 15 is 0 Å². The van der Waals surface area contributed by atoms with Gasteiger partial charge in [0.1, 0.15) is 18.0 Å². The Labute approximate surface area is 110 Å². The highest BCUT2D eigenvalue weighted by atomic mass is 16.5. The number of ether oxygens (including phenoxy) is 1. The second-order valence-corrected chi connectivity index (χ2v) is 3.84. The van der Waals surface area contributed by atoms with Gasteiger partial charge in [0.2, 0.25) is 5.91 Å². The fourth-order valence-corrected chi connectivity index (χ4v) is 1.63. The van der Waals surface area contributed by atoms with Crippen LogP contribution in [0, 0.1) is 0 Å². The number of imidazole rings is 1. The lowest BCUT2D eigenvalue weighted by Gasteiger charge is -2.09. The molecule has 0 spiro atoms. The number of hydrogen-bond acceptors (Lipinski definition) is 4. The molecule has 0 radical (unpaired) electrons. The lowest BCUT2D eigenvalue weighted by atomic mass is 10.3. The first kappa shape index (κ1) is 12.8. The van der Waals surface area contributed by atoms with Crippen molar-refractivity contribution in [2.45, 2.75) is 6.54 Å². The Morgan fingerprint density at radius 3 is 2.95 bits per heavy atom. The van der Waals surface area contributed by atoms with E-state index in [0.29, 0.717) is 23.4 Å². The second kappa shape index (κ2) is 5.81. The van der Waals surface area contributed by atoms with Crippen LogP contribution >= 0.6 is 0 Å². The summed E-state index contributed by atoms with van der Waals surface area (Å²) >= 11 is 0. The van der Waals surface area contributed by atoms with E-state index in [1.54, 1.807) is 18.2 Å². The zero-order valence-electron chi connectivity index (χ0n) is 10.4. The van der Waals surface area contributed by atoms with Gasteiger partial charge < -0.3 is 14.6 Å². The molecule has 0 atom stereocenters. The van der Waals surface area contributed by atoms with Crippen molar-refractivity contribution in [1.29, 1.82) is 0 Å². The fourth-order valence-electron chi connectivity index (χ4n) is 1.63. The molecule has 0 fully saturated rings. The number of rotatable bonds is 5. The normalized spacial score (nSPS) is 9.95. The zero-order chi connectivity index (χ0) is 13.7. The van der Waals surface area contributed by atoms with Crippen LogP contribution in [0.5, 0.6) is 5.75 Å². The Kier molecular flexibility index (Phi) is 3.92. The van der Waals surface area contributed by atoms with Crippen LogP contribution < -0.4 is 10.1 Å². The van der Waals surface area contributed by atoms with Crippen molar-refractivity contribution in [3.8, 4) is 5.75 Å². The smallest absolute Gasteiger partial charge is 0.244 e. The first-order chi connectivity index (χ1) is 9.22. The van der Waals surface area contributed by atoms with Gasteiger partial charge in [-0.15, -0.1) is 0 Å². The standard InChI is InChI=1S/C13H13N3O3/c1-19-12-5-3-2-4-11(12)15-13(18)7-16-6-10(8-17)14-9-16/h2-6,8-9H,7H2,1H3,(H,15,18). The van der Waals surface area contributed by atoms with Crippen molar-refractivity contribution in [3.05, 3.63) is 42.5 Å². The van der Waals surface area contributed by atoms with Crippen molar-refractivity contribution in [2.24, 2.45) is 0 Å². The van der Waals surface area contributed by atoms with Crippen LogP contribution in [0.4, 0.5) is 5.69 Å². The highest BCUT2D eigenvalue weighted by molar-refractivity contribution is 5.92. The molecule has 2 aromatic rings. The molecule has 0 aliphatic heterocycles. The molecule has 98 valence electrons. The van der Waals surface area contributed by atoms with Crippen LogP contribution in [0.1, 0.15) is 10.5 Å². The Balaban J connectivity index is 2.03. The molecule has 2 rings (SSSR count). The van der Waals surface area contributed by atoms with E-state index < -0.39 is 0 Å². The average molecular weight is 259 g/mol. The summed E-state index contributed by atoms with van der Waals surface area (Å²) in [5.41, 5.74) is 0.899. The number of aldehydes is 1. The first-order valence-corrected chi connectivity index (χ1v) is 5.62. The minimum Gasteiger partial charge on any atom is -0.495 e. The maximum absolute atomic E-state index is 11.8. The number of carbonyl (C=O) groups excluding carboxylic acids is 2. The number of carbonyl (C=O) groups is 2. The summed E-state index contributed by atoms with van der Waals surface area (Å²) in [7, 11) is 1.54. The van der Waals surface area contributed by atoms with Crippen molar-refractivity contribution in [1.82, 2.24) is 9.55 Å². The molecule has 0 aliphatic rings. The predicted molar refractivity (Wildman–Crippen MR) is 69.2 cm³/mol. The molecule has 6 heteroatoms. The highest BCUT2D eigenvalue weighted by Gasteiger charge is 2.08. The number of para-hydroxylation sites is 2. The van der Waals surface area contributed by atoms with Gasteiger partial charge in [-0.2, -0.15) is 0 Å². The molecule has 0 unspecified atom stereocenters. The Morgan fingerprint density at radius 1 is 1.47 bits per heavy atom. The average Bonchev–Trinajstić information content (AvgIpc) is 2.87. The molecule has 1 amide bonds. The number of nitrogens with one attached hydrogen (secondary N) is 1. The van der Waals surface area contributed by atoms with Crippen LogP contribution in [-0.2, 0) is 11.3 Å². The van der Waals surface area contributed by atoms with Gasteiger partial charge in [-0.25, -0.2) is 4.98 Å². The molecule has 0 saturated heterocycles.